The molecule has 0 spiro atoms. The van der Waals surface area contributed by atoms with Gasteiger partial charge in [0, 0.05) is 6.42 Å². The second kappa shape index (κ2) is 11.6. The molecule has 1 heteroatoms. The largest absolute Gasteiger partial charge is 0.498 e. The van der Waals surface area contributed by atoms with E-state index in [0.29, 0.717) is 0 Å². The first kappa shape index (κ1) is 17.5. The number of ether oxygens (including phenoxy) is 1. The van der Waals surface area contributed by atoms with Gasteiger partial charge in [0.2, 0.25) is 0 Å². The number of unbranched alkanes of at least 4 members (excludes halogenated alkanes) is 2. The van der Waals surface area contributed by atoms with Gasteiger partial charge in [-0.2, -0.15) is 0 Å². The van der Waals surface area contributed by atoms with Crippen LogP contribution in [-0.2, 0) is 4.74 Å². The van der Waals surface area contributed by atoms with E-state index in [2.05, 4.69) is 40.7 Å². The number of hydrogen-bond acceptors (Lipinski definition) is 1. The predicted octanol–water partition coefficient (Wildman–Crippen LogP) is 5.95. The Hall–Kier alpha value is -0.460. The lowest BCUT2D eigenvalue weighted by Gasteiger charge is -2.24. The minimum atomic E-state index is 0.730. The normalized spacial score (nSPS) is 15.5. The maximum absolute atomic E-state index is 6.01. The van der Waals surface area contributed by atoms with E-state index in [1.54, 1.807) is 0 Å². The van der Waals surface area contributed by atoms with Crippen molar-refractivity contribution in [3.63, 3.8) is 0 Å². The van der Waals surface area contributed by atoms with Gasteiger partial charge in [-0.05, 0) is 30.8 Å². The molecule has 18 heavy (non-hydrogen) atoms. The predicted molar refractivity (Wildman–Crippen MR) is 81.7 cm³/mol. The maximum atomic E-state index is 6.01. The Morgan fingerprint density at radius 1 is 1.11 bits per heavy atom. The van der Waals surface area contributed by atoms with Crippen LogP contribution < -0.4 is 0 Å². The lowest BCUT2D eigenvalue weighted by atomic mass is 9.88. The molecule has 0 bridgehead atoms. The van der Waals surface area contributed by atoms with Crippen molar-refractivity contribution in [3.05, 3.63) is 11.8 Å². The SMILES string of the molecule is CCC=C(CC)OCC(CCCCC)C(C)CC. The topological polar surface area (TPSA) is 9.23 Å². The molecule has 1 nitrogen and oxygen atoms in total. The lowest BCUT2D eigenvalue weighted by molar-refractivity contribution is 0.121. The van der Waals surface area contributed by atoms with Crippen LogP contribution in [0.5, 0.6) is 0 Å². The maximum Gasteiger partial charge on any atom is 0.0917 e. The van der Waals surface area contributed by atoms with E-state index in [0.717, 1.165) is 31.3 Å². The van der Waals surface area contributed by atoms with Gasteiger partial charge in [-0.25, -0.2) is 0 Å². The van der Waals surface area contributed by atoms with E-state index in [9.17, 15) is 0 Å². The number of rotatable bonds is 11. The van der Waals surface area contributed by atoms with Crippen LogP contribution in [0.4, 0.5) is 0 Å². The summed E-state index contributed by atoms with van der Waals surface area (Å²) in [5, 5.41) is 0. The minimum Gasteiger partial charge on any atom is -0.498 e. The fraction of sp³-hybridized carbons (Fsp3) is 0.882. The van der Waals surface area contributed by atoms with Gasteiger partial charge in [-0.1, -0.05) is 60.3 Å². The van der Waals surface area contributed by atoms with E-state index in [1.807, 2.05) is 0 Å². The Kier molecular flexibility index (Phi) is 11.3. The molecule has 0 aliphatic carbocycles. The third kappa shape index (κ3) is 7.79. The van der Waals surface area contributed by atoms with Crippen molar-refractivity contribution < 1.29 is 4.74 Å². The Morgan fingerprint density at radius 3 is 2.33 bits per heavy atom. The highest BCUT2D eigenvalue weighted by Gasteiger charge is 2.16. The average molecular weight is 254 g/mol. The van der Waals surface area contributed by atoms with Crippen LogP contribution in [0.2, 0.25) is 0 Å². The molecule has 0 aromatic heterocycles. The van der Waals surface area contributed by atoms with Crippen molar-refractivity contribution in [2.75, 3.05) is 6.61 Å². The van der Waals surface area contributed by atoms with Crippen LogP contribution in [0.3, 0.4) is 0 Å². The first-order valence-electron chi connectivity index (χ1n) is 8.01. The molecule has 0 amide bonds. The first-order valence-corrected chi connectivity index (χ1v) is 8.01. The van der Waals surface area contributed by atoms with Crippen LogP contribution in [0.25, 0.3) is 0 Å². The molecule has 0 rings (SSSR count). The Balaban J connectivity index is 4.18. The highest BCUT2D eigenvalue weighted by molar-refractivity contribution is 4.91. The zero-order chi connectivity index (χ0) is 13.8. The monoisotopic (exact) mass is 254 g/mol. The fourth-order valence-corrected chi connectivity index (χ4v) is 2.27. The van der Waals surface area contributed by atoms with Gasteiger partial charge >= 0.3 is 0 Å². The van der Waals surface area contributed by atoms with Crippen molar-refractivity contribution in [2.24, 2.45) is 11.8 Å². The minimum absolute atomic E-state index is 0.730. The van der Waals surface area contributed by atoms with Gasteiger partial charge in [0.25, 0.3) is 0 Å². The van der Waals surface area contributed by atoms with Crippen molar-refractivity contribution >= 4 is 0 Å². The fourth-order valence-electron chi connectivity index (χ4n) is 2.27. The van der Waals surface area contributed by atoms with Gasteiger partial charge in [-0.3, -0.25) is 0 Å². The van der Waals surface area contributed by atoms with Crippen LogP contribution in [-0.4, -0.2) is 6.61 Å². The van der Waals surface area contributed by atoms with Crippen molar-refractivity contribution in [1.29, 1.82) is 0 Å². The first-order chi connectivity index (χ1) is 8.69. The summed E-state index contributed by atoms with van der Waals surface area (Å²) in [6.07, 6.45) is 10.9. The molecule has 0 fully saturated rings. The highest BCUT2D eigenvalue weighted by atomic mass is 16.5. The van der Waals surface area contributed by atoms with Crippen molar-refractivity contribution in [3.8, 4) is 0 Å². The Morgan fingerprint density at radius 2 is 1.83 bits per heavy atom. The molecule has 0 aliphatic heterocycles. The van der Waals surface area contributed by atoms with Crippen LogP contribution >= 0.6 is 0 Å². The average Bonchev–Trinajstić information content (AvgIpc) is 2.40. The van der Waals surface area contributed by atoms with E-state index in [1.165, 1.54) is 37.9 Å². The summed E-state index contributed by atoms with van der Waals surface area (Å²) in [6, 6.07) is 0. The molecule has 0 aliphatic rings. The summed E-state index contributed by atoms with van der Waals surface area (Å²) >= 11 is 0. The lowest BCUT2D eigenvalue weighted by Crippen LogP contribution is -2.17. The molecule has 0 saturated heterocycles. The number of hydrogen-bond donors (Lipinski definition) is 0. The summed E-state index contributed by atoms with van der Waals surface area (Å²) in [5.41, 5.74) is 0. The van der Waals surface area contributed by atoms with E-state index in [4.69, 9.17) is 4.74 Å². The molecular weight excluding hydrogens is 220 g/mol. The summed E-state index contributed by atoms with van der Waals surface area (Å²) in [7, 11) is 0. The van der Waals surface area contributed by atoms with E-state index >= 15 is 0 Å². The summed E-state index contributed by atoms with van der Waals surface area (Å²) in [5.74, 6) is 2.69. The second-order valence-corrected chi connectivity index (χ2v) is 5.38. The molecule has 2 unspecified atom stereocenters. The van der Waals surface area contributed by atoms with Crippen LogP contribution in [0.1, 0.15) is 79.6 Å². The number of allylic oxidation sites excluding steroid dienone is 2. The van der Waals surface area contributed by atoms with Crippen molar-refractivity contribution in [2.45, 2.75) is 79.6 Å². The van der Waals surface area contributed by atoms with Gasteiger partial charge in [-0.15, -0.1) is 0 Å². The van der Waals surface area contributed by atoms with E-state index in [-0.39, 0.29) is 0 Å². The van der Waals surface area contributed by atoms with E-state index < -0.39 is 0 Å². The molecule has 0 N–H and O–H groups in total. The zero-order valence-corrected chi connectivity index (χ0v) is 13.3. The zero-order valence-electron chi connectivity index (χ0n) is 13.3. The van der Waals surface area contributed by atoms with Gasteiger partial charge in [0.1, 0.15) is 0 Å². The third-order valence-electron chi connectivity index (χ3n) is 3.89. The van der Waals surface area contributed by atoms with Crippen molar-refractivity contribution in [1.82, 2.24) is 0 Å². The summed E-state index contributed by atoms with van der Waals surface area (Å²) in [6.45, 7) is 12.2. The Bertz CT molecular complexity index is 208. The summed E-state index contributed by atoms with van der Waals surface area (Å²) in [4.78, 5) is 0. The Labute approximate surface area is 115 Å². The smallest absolute Gasteiger partial charge is 0.0917 e. The molecule has 0 aromatic carbocycles. The van der Waals surface area contributed by atoms with Crippen LogP contribution in [0.15, 0.2) is 11.8 Å². The summed E-state index contributed by atoms with van der Waals surface area (Å²) < 4.78 is 6.01. The standard InChI is InChI=1S/C17H34O/c1-6-10-11-13-16(15(5)8-3)14-18-17(9-4)12-7-2/h12,15-16H,6-11,13-14H2,1-5H3. The van der Waals surface area contributed by atoms with Crippen LogP contribution in [0, 0.1) is 11.8 Å². The van der Waals surface area contributed by atoms with Gasteiger partial charge in [0.15, 0.2) is 0 Å². The van der Waals surface area contributed by atoms with Gasteiger partial charge < -0.3 is 4.74 Å². The molecule has 0 aromatic rings. The third-order valence-corrected chi connectivity index (χ3v) is 3.89. The quantitative estimate of drug-likeness (QED) is 0.327. The second-order valence-electron chi connectivity index (χ2n) is 5.38. The molecule has 0 heterocycles. The highest BCUT2D eigenvalue weighted by Crippen LogP contribution is 2.23. The molecule has 2 atom stereocenters. The van der Waals surface area contributed by atoms with Gasteiger partial charge in [0.05, 0.1) is 12.4 Å². The molecule has 108 valence electrons. The molecular formula is C17H34O. The molecule has 0 radical (unpaired) electrons. The molecule has 0 saturated carbocycles.